The highest BCUT2D eigenvalue weighted by Gasteiger charge is 2.13. The van der Waals surface area contributed by atoms with Crippen molar-refractivity contribution in [2.45, 2.75) is 13.8 Å². The Balaban J connectivity index is 1.77. The van der Waals surface area contributed by atoms with Crippen molar-refractivity contribution in [2.24, 2.45) is 0 Å². The number of hydrogen-bond donors (Lipinski definition) is 1. The van der Waals surface area contributed by atoms with E-state index in [0.29, 0.717) is 5.82 Å². The Labute approximate surface area is 151 Å². The summed E-state index contributed by atoms with van der Waals surface area (Å²) >= 11 is 0. The third kappa shape index (κ3) is 3.85. The van der Waals surface area contributed by atoms with Crippen molar-refractivity contribution in [3.63, 3.8) is 0 Å². The molecule has 0 fully saturated rings. The quantitative estimate of drug-likeness (QED) is 0.744. The number of aryl methyl sites for hydroxylation is 1. The predicted molar refractivity (Wildman–Crippen MR) is 100 cm³/mol. The summed E-state index contributed by atoms with van der Waals surface area (Å²) in [6.45, 7) is 4.78. The van der Waals surface area contributed by atoms with E-state index in [4.69, 9.17) is 0 Å². The number of nitrogens with one attached hydrogen (secondary N) is 1. The van der Waals surface area contributed by atoms with Crippen LogP contribution in [0, 0.1) is 12.7 Å². The Bertz CT molecular complexity index is 912. The van der Waals surface area contributed by atoms with Crippen LogP contribution < -0.4 is 10.2 Å². The minimum atomic E-state index is -0.578. The minimum absolute atomic E-state index is 0.0340. The van der Waals surface area contributed by atoms with Crippen LogP contribution in [0.2, 0.25) is 0 Å². The van der Waals surface area contributed by atoms with E-state index in [9.17, 15) is 9.18 Å². The number of benzene rings is 2. The van der Waals surface area contributed by atoms with Gasteiger partial charge in [-0.2, -0.15) is 0 Å². The SMILES string of the molecule is CCN(c1cccc(C)c1)c1ccc(NC(=O)c2ccccc2F)nn1. The largest absolute Gasteiger partial charge is 0.325 e. The molecule has 0 aliphatic carbocycles. The molecule has 3 aromatic rings. The lowest BCUT2D eigenvalue weighted by molar-refractivity contribution is 0.102. The van der Waals surface area contributed by atoms with Crippen molar-refractivity contribution in [2.75, 3.05) is 16.8 Å². The molecule has 5 nitrogen and oxygen atoms in total. The molecule has 0 aliphatic rings. The lowest BCUT2D eigenvalue weighted by atomic mass is 10.2. The van der Waals surface area contributed by atoms with Crippen LogP contribution in [0.15, 0.2) is 60.7 Å². The molecule has 1 heterocycles. The molecular formula is C20H19FN4O. The second-order valence-corrected chi connectivity index (χ2v) is 5.79. The van der Waals surface area contributed by atoms with Crippen molar-refractivity contribution in [3.8, 4) is 0 Å². The van der Waals surface area contributed by atoms with E-state index in [1.54, 1.807) is 18.2 Å². The zero-order valence-corrected chi connectivity index (χ0v) is 14.6. The van der Waals surface area contributed by atoms with Gasteiger partial charge < -0.3 is 10.2 Å². The molecule has 3 rings (SSSR count). The molecule has 0 atom stereocenters. The van der Waals surface area contributed by atoms with E-state index in [1.807, 2.05) is 36.9 Å². The van der Waals surface area contributed by atoms with E-state index in [2.05, 4.69) is 21.6 Å². The van der Waals surface area contributed by atoms with Gasteiger partial charge in [0.2, 0.25) is 0 Å². The van der Waals surface area contributed by atoms with E-state index in [-0.39, 0.29) is 11.4 Å². The Morgan fingerprint density at radius 3 is 2.54 bits per heavy atom. The van der Waals surface area contributed by atoms with Crippen LogP contribution in [-0.2, 0) is 0 Å². The molecule has 26 heavy (non-hydrogen) atoms. The van der Waals surface area contributed by atoms with E-state index in [1.165, 1.54) is 18.2 Å². The van der Waals surface area contributed by atoms with Gasteiger partial charge in [-0.05, 0) is 55.8 Å². The summed E-state index contributed by atoms with van der Waals surface area (Å²) in [5, 5.41) is 10.8. The molecular weight excluding hydrogens is 331 g/mol. The van der Waals surface area contributed by atoms with Crippen molar-refractivity contribution >= 4 is 23.2 Å². The average Bonchev–Trinajstić information content (AvgIpc) is 2.64. The summed E-state index contributed by atoms with van der Waals surface area (Å²) in [6, 6.07) is 17.3. The molecule has 0 saturated carbocycles. The maximum absolute atomic E-state index is 13.7. The zero-order valence-electron chi connectivity index (χ0n) is 14.6. The summed E-state index contributed by atoms with van der Waals surface area (Å²) in [4.78, 5) is 14.2. The van der Waals surface area contributed by atoms with Crippen LogP contribution in [0.25, 0.3) is 0 Å². The Morgan fingerprint density at radius 1 is 1.08 bits per heavy atom. The first kappa shape index (κ1) is 17.5. The summed E-state index contributed by atoms with van der Waals surface area (Å²) < 4.78 is 13.7. The summed E-state index contributed by atoms with van der Waals surface area (Å²) in [6.07, 6.45) is 0. The van der Waals surface area contributed by atoms with Gasteiger partial charge in [0, 0.05) is 12.2 Å². The molecule has 0 unspecified atom stereocenters. The summed E-state index contributed by atoms with van der Waals surface area (Å²) in [5.74, 6) is -0.202. The number of halogens is 1. The van der Waals surface area contributed by atoms with Gasteiger partial charge in [-0.3, -0.25) is 4.79 Å². The molecule has 2 aromatic carbocycles. The zero-order chi connectivity index (χ0) is 18.5. The van der Waals surface area contributed by atoms with Crippen molar-refractivity contribution in [1.29, 1.82) is 0 Å². The molecule has 1 N–H and O–H groups in total. The number of nitrogens with zero attached hydrogens (tertiary/aromatic N) is 3. The van der Waals surface area contributed by atoms with Crippen molar-refractivity contribution < 1.29 is 9.18 Å². The normalized spacial score (nSPS) is 10.4. The smallest absolute Gasteiger partial charge is 0.259 e. The van der Waals surface area contributed by atoms with Gasteiger partial charge in [0.05, 0.1) is 5.56 Å². The molecule has 1 aromatic heterocycles. The lowest BCUT2D eigenvalue weighted by Gasteiger charge is -2.22. The van der Waals surface area contributed by atoms with Gasteiger partial charge in [0.25, 0.3) is 5.91 Å². The molecule has 6 heteroatoms. The second-order valence-electron chi connectivity index (χ2n) is 5.79. The summed E-state index contributed by atoms with van der Waals surface area (Å²) in [7, 11) is 0. The monoisotopic (exact) mass is 350 g/mol. The number of hydrogen-bond acceptors (Lipinski definition) is 4. The van der Waals surface area contributed by atoms with Gasteiger partial charge in [-0.25, -0.2) is 4.39 Å². The molecule has 0 radical (unpaired) electrons. The van der Waals surface area contributed by atoms with Gasteiger partial charge in [-0.1, -0.05) is 24.3 Å². The van der Waals surface area contributed by atoms with Crippen LogP contribution in [0.1, 0.15) is 22.8 Å². The molecule has 0 spiro atoms. The summed E-state index contributed by atoms with van der Waals surface area (Å²) in [5.41, 5.74) is 2.14. The third-order valence-electron chi connectivity index (χ3n) is 3.92. The van der Waals surface area contributed by atoms with Gasteiger partial charge in [0.15, 0.2) is 11.6 Å². The molecule has 0 bridgehead atoms. The Morgan fingerprint density at radius 2 is 1.88 bits per heavy atom. The standard InChI is InChI=1S/C20H19FN4O/c1-3-25(15-8-6-7-14(2)13-15)19-12-11-18(23-24-19)22-20(26)16-9-4-5-10-17(16)21/h4-13H,3H2,1-2H3,(H,22,23,26). The lowest BCUT2D eigenvalue weighted by Crippen LogP contribution is -2.19. The highest BCUT2D eigenvalue weighted by atomic mass is 19.1. The van der Waals surface area contributed by atoms with Crippen LogP contribution in [0.4, 0.5) is 21.7 Å². The predicted octanol–water partition coefficient (Wildman–Crippen LogP) is 4.33. The van der Waals surface area contributed by atoms with E-state index < -0.39 is 11.7 Å². The Hall–Kier alpha value is -3.28. The number of carbonyl (C=O) groups excluding carboxylic acids is 1. The highest BCUT2D eigenvalue weighted by molar-refractivity contribution is 6.03. The first-order valence-electron chi connectivity index (χ1n) is 8.32. The number of rotatable bonds is 5. The van der Waals surface area contributed by atoms with Crippen LogP contribution in [-0.4, -0.2) is 22.6 Å². The second kappa shape index (κ2) is 7.74. The van der Waals surface area contributed by atoms with Crippen molar-refractivity contribution in [3.05, 3.63) is 77.6 Å². The third-order valence-corrected chi connectivity index (χ3v) is 3.92. The van der Waals surface area contributed by atoms with Crippen molar-refractivity contribution in [1.82, 2.24) is 10.2 Å². The Kier molecular flexibility index (Phi) is 5.22. The number of carbonyl (C=O) groups is 1. The maximum atomic E-state index is 13.7. The minimum Gasteiger partial charge on any atom is -0.325 e. The van der Waals surface area contributed by atoms with Gasteiger partial charge >= 0.3 is 0 Å². The van der Waals surface area contributed by atoms with Gasteiger partial charge in [0.1, 0.15) is 5.82 Å². The first-order valence-corrected chi connectivity index (χ1v) is 8.32. The van der Waals surface area contributed by atoms with E-state index >= 15 is 0 Å². The number of amides is 1. The van der Waals surface area contributed by atoms with Crippen LogP contribution in [0.3, 0.4) is 0 Å². The fraction of sp³-hybridized carbons (Fsp3) is 0.150. The van der Waals surface area contributed by atoms with E-state index in [0.717, 1.165) is 17.8 Å². The molecule has 0 aliphatic heterocycles. The molecule has 0 saturated heterocycles. The van der Waals surface area contributed by atoms with Gasteiger partial charge in [-0.15, -0.1) is 10.2 Å². The topological polar surface area (TPSA) is 58.1 Å². The first-order chi connectivity index (χ1) is 12.6. The molecule has 132 valence electrons. The highest BCUT2D eigenvalue weighted by Crippen LogP contribution is 2.24. The number of anilines is 3. The molecule has 1 amide bonds. The maximum Gasteiger partial charge on any atom is 0.259 e. The average molecular weight is 350 g/mol. The van der Waals surface area contributed by atoms with Crippen LogP contribution >= 0.6 is 0 Å². The van der Waals surface area contributed by atoms with Crippen LogP contribution in [0.5, 0.6) is 0 Å². The fourth-order valence-corrected chi connectivity index (χ4v) is 2.64. The number of aromatic nitrogens is 2. The fourth-order valence-electron chi connectivity index (χ4n) is 2.64.